The molecule has 2 N–H and O–H groups in total. The smallest absolute Gasteiger partial charge is 0.155 e. The molecule has 1 saturated heterocycles. The van der Waals surface area contributed by atoms with Gasteiger partial charge >= 0.3 is 0 Å². The van der Waals surface area contributed by atoms with Crippen molar-refractivity contribution in [3.05, 3.63) is 42.7 Å². The van der Waals surface area contributed by atoms with Crippen molar-refractivity contribution in [3.63, 3.8) is 0 Å². The van der Waals surface area contributed by atoms with Crippen LogP contribution in [0.3, 0.4) is 0 Å². The van der Waals surface area contributed by atoms with Gasteiger partial charge in [-0.1, -0.05) is 0 Å². The third kappa shape index (κ3) is 3.83. The van der Waals surface area contributed by atoms with Gasteiger partial charge in [0.1, 0.15) is 16.9 Å². The standard InChI is InChI=1S/C20H22FN5O/c1-27-15-5-3-14(4-6-15)16-11-17-18(24-10-9-23-17)19(26-16)25-13-20(21)7-2-8-22-12-20/h3-6,9-11,22H,2,7-8,12-13H2,1H3,(H,25,26). The minimum Gasteiger partial charge on any atom is -0.497 e. The lowest BCUT2D eigenvalue weighted by molar-refractivity contribution is 0.137. The Morgan fingerprint density at radius 3 is 2.78 bits per heavy atom. The maximum atomic E-state index is 15.0. The highest BCUT2D eigenvalue weighted by Crippen LogP contribution is 2.28. The van der Waals surface area contributed by atoms with E-state index in [0.29, 0.717) is 24.3 Å². The Kier molecular flexibility index (Phi) is 4.85. The molecular formula is C20H22FN5O. The van der Waals surface area contributed by atoms with Crippen LogP contribution in [0.2, 0.25) is 0 Å². The molecule has 0 amide bonds. The fourth-order valence-corrected chi connectivity index (χ4v) is 3.33. The van der Waals surface area contributed by atoms with Gasteiger partial charge in [0.15, 0.2) is 5.82 Å². The second kappa shape index (κ2) is 7.44. The van der Waals surface area contributed by atoms with E-state index in [9.17, 15) is 4.39 Å². The molecule has 7 heteroatoms. The molecule has 1 unspecified atom stereocenters. The van der Waals surface area contributed by atoms with Gasteiger partial charge in [-0.3, -0.25) is 4.98 Å². The highest BCUT2D eigenvalue weighted by atomic mass is 19.1. The van der Waals surface area contributed by atoms with E-state index in [1.807, 2.05) is 30.3 Å². The van der Waals surface area contributed by atoms with Crippen molar-refractivity contribution in [2.45, 2.75) is 18.5 Å². The molecule has 3 aromatic rings. The summed E-state index contributed by atoms with van der Waals surface area (Å²) in [6, 6.07) is 9.54. The van der Waals surface area contributed by atoms with Crippen molar-refractivity contribution in [2.24, 2.45) is 0 Å². The summed E-state index contributed by atoms with van der Waals surface area (Å²) in [7, 11) is 1.63. The van der Waals surface area contributed by atoms with Crippen LogP contribution < -0.4 is 15.4 Å². The van der Waals surface area contributed by atoms with Gasteiger partial charge in [0, 0.05) is 24.5 Å². The Morgan fingerprint density at radius 1 is 1.22 bits per heavy atom. The number of halogens is 1. The van der Waals surface area contributed by atoms with E-state index in [1.165, 1.54) is 0 Å². The quantitative estimate of drug-likeness (QED) is 0.722. The number of nitrogens with zero attached hydrogens (tertiary/aromatic N) is 3. The third-order valence-corrected chi connectivity index (χ3v) is 4.84. The van der Waals surface area contributed by atoms with Crippen LogP contribution in [0, 0.1) is 0 Å². The lowest BCUT2D eigenvalue weighted by Gasteiger charge is -2.30. The first-order valence-corrected chi connectivity index (χ1v) is 9.07. The molecule has 3 heterocycles. The Morgan fingerprint density at radius 2 is 2.04 bits per heavy atom. The van der Waals surface area contributed by atoms with Gasteiger partial charge in [0.2, 0.25) is 0 Å². The van der Waals surface area contributed by atoms with Crippen LogP contribution in [0.15, 0.2) is 42.7 Å². The molecule has 0 bridgehead atoms. The number of hydrogen-bond donors (Lipinski definition) is 2. The second-order valence-electron chi connectivity index (χ2n) is 6.79. The molecule has 140 valence electrons. The summed E-state index contributed by atoms with van der Waals surface area (Å²) in [6.07, 6.45) is 4.63. The van der Waals surface area contributed by atoms with E-state index >= 15 is 0 Å². The fraction of sp³-hybridized carbons (Fsp3) is 0.350. The second-order valence-corrected chi connectivity index (χ2v) is 6.79. The van der Waals surface area contributed by atoms with E-state index in [1.54, 1.807) is 19.5 Å². The average molecular weight is 367 g/mol. The highest BCUT2D eigenvalue weighted by Gasteiger charge is 2.31. The molecule has 2 aromatic heterocycles. The van der Waals surface area contributed by atoms with E-state index in [2.05, 4.69) is 20.6 Å². The normalized spacial score (nSPS) is 19.8. The van der Waals surface area contributed by atoms with Crippen molar-refractivity contribution in [1.82, 2.24) is 20.3 Å². The lowest BCUT2D eigenvalue weighted by Crippen LogP contribution is -2.46. The zero-order chi connectivity index (χ0) is 18.7. The summed E-state index contributed by atoms with van der Waals surface area (Å²) < 4.78 is 20.2. The van der Waals surface area contributed by atoms with E-state index in [4.69, 9.17) is 9.72 Å². The Labute approximate surface area is 157 Å². The number of rotatable bonds is 5. The first-order chi connectivity index (χ1) is 13.2. The number of fused-ring (bicyclic) bond motifs is 1. The summed E-state index contributed by atoms with van der Waals surface area (Å²) in [6.45, 7) is 1.40. The number of alkyl halides is 1. The average Bonchev–Trinajstić information content (AvgIpc) is 2.72. The van der Waals surface area contributed by atoms with Crippen molar-refractivity contribution in [1.29, 1.82) is 0 Å². The number of nitrogens with one attached hydrogen (secondary N) is 2. The van der Waals surface area contributed by atoms with Crippen LogP contribution in [0.5, 0.6) is 5.75 Å². The summed E-state index contributed by atoms with van der Waals surface area (Å²) >= 11 is 0. The van der Waals surface area contributed by atoms with Gasteiger partial charge in [-0.2, -0.15) is 0 Å². The molecule has 27 heavy (non-hydrogen) atoms. The maximum absolute atomic E-state index is 15.0. The molecule has 1 atom stereocenters. The Bertz CT molecular complexity index is 925. The SMILES string of the molecule is COc1ccc(-c2cc3nccnc3c(NCC3(F)CCCNC3)n2)cc1. The largest absolute Gasteiger partial charge is 0.497 e. The van der Waals surface area contributed by atoms with Gasteiger partial charge < -0.3 is 15.4 Å². The minimum absolute atomic E-state index is 0.185. The predicted molar refractivity (Wildman–Crippen MR) is 104 cm³/mol. The van der Waals surface area contributed by atoms with Crippen molar-refractivity contribution in [3.8, 4) is 17.0 Å². The maximum Gasteiger partial charge on any atom is 0.155 e. The van der Waals surface area contributed by atoms with Gasteiger partial charge in [-0.15, -0.1) is 0 Å². The van der Waals surface area contributed by atoms with Crippen LogP contribution in [0.1, 0.15) is 12.8 Å². The molecule has 0 aliphatic carbocycles. The van der Waals surface area contributed by atoms with Crippen molar-refractivity contribution < 1.29 is 9.13 Å². The van der Waals surface area contributed by atoms with Crippen LogP contribution in [-0.4, -0.2) is 47.4 Å². The first-order valence-electron chi connectivity index (χ1n) is 9.07. The zero-order valence-corrected chi connectivity index (χ0v) is 15.2. The summed E-state index contributed by atoms with van der Waals surface area (Å²) in [5.41, 5.74) is 1.76. The monoisotopic (exact) mass is 367 g/mol. The number of piperidine rings is 1. The number of methoxy groups -OCH3 is 1. The van der Waals surface area contributed by atoms with Crippen LogP contribution in [0.4, 0.5) is 10.2 Å². The van der Waals surface area contributed by atoms with Gasteiger partial charge in [-0.05, 0) is 49.7 Å². The molecule has 1 fully saturated rings. The van der Waals surface area contributed by atoms with Crippen LogP contribution >= 0.6 is 0 Å². The predicted octanol–water partition coefficient (Wildman–Crippen LogP) is 3.20. The molecule has 0 radical (unpaired) electrons. The molecule has 1 aliphatic heterocycles. The number of benzene rings is 1. The zero-order valence-electron chi connectivity index (χ0n) is 15.2. The van der Waals surface area contributed by atoms with Gasteiger partial charge in [0.05, 0.1) is 24.9 Å². The van der Waals surface area contributed by atoms with Crippen LogP contribution in [-0.2, 0) is 0 Å². The first kappa shape index (κ1) is 17.6. The highest BCUT2D eigenvalue weighted by molar-refractivity contribution is 5.88. The van der Waals surface area contributed by atoms with Crippen LogP contribution in [0.25, 0.3) is 22.3 Å². The molecule has 1 aliphatic rings. The molecule has 6 nitrogen and oxygen atoms in total. The third-order valence-electron chi connectivity index (χ3n) is 4.84. The Balaban J connectivity index is 1.67. The van der Waals surface area contributed by atoms with Gasteiger partial charge in [-0.25, -0.2) is 14.4 Å². The number of anilines is 1. The minimum atomic E-state index is -1.29. The lowest BCUT2D eigenvalue weighted by atomic mass is 9.96. The molecule has 1 aromatic carbocycles. The molecule has 0 saturated carbocycles. The van der Waals surface area contributed by atoms with E-state index in [-0.39, 0.29) is 6.54 Å². The Hall–Kier alpha value is -2.80. The topological polar surface area (TPSA) is 72.0 Å². The molecule has 4 rings (SSSR count). The van der Waals surface area contributed by atoms with Crippen molar-refractivity contribution >= 4 is 16.9 Å². The summed E-state index contributed by atoms with van der Waals surface area (Å²) in [5.74, 6) is 1.33. The fourth-order valence-electron chi connectivity index (χ4n) is 3.33. The number of hydrogen-bond acceptors (Lipinski definition) is 6. The summed E-state index contributed by atoms with van der Waals surface area (Å²) in [4.78, 5) is 13.5. The number of aromatic nitrogens is 3. The van der Waals surface area contributed by atoms with Crippen molar-refractivity contribution in [2.75, 3.05) is 32.1 Å². The van der Waals surface area contributed by atoms with E-state index < -0.39 is 5.67 Å². The van der Waals surface area contributed by atoms with Gasteiger partial charge in [0.25, 0.3) is 0 Å². The van der Waals surface area contributed by atoms with E-state index in [0.717, 1.165) is 35.5 Å². The summed E-state index contributed by atoms with van der Waals surface area (Å²) in [5, 5.41) is 6.30. The molecule has 0 spiro atoms. The number of pyridine rings is 1. The molecular weight excluding hydrogens is 345 g/mol. The number of ether oxygens (including phenoxy) is 1.